The van der Waals surface area contributed by atoms with Crippen LogP contribution in [0.5, 0.6) is 5.75 Å². The number of hydrogen-bond acceptors (Lipinski definition) is 3. The molecule has 1 saturated carbocycles. The van der Waals surface area contributed by atoms with Crippen LogP contribution in [-0.4, -0.2) is 50.2 Å². The maximum atomic E-state index is 12.4. The number of alkyl halides is 2. The lowest BCUT2D eigenvalue weighted by Crippen LogP contribution is -2.41. The zero-order valence-electron chi connectivity index (χ0n) is 14.7. The fourth-order valence-electron chi connectivity index (χ4n) is 2.62. The van der Waals surface area contributed by atoms with E-state index in [1.54, 1.807) is 25.2 Å². The van der Waals surface area contributed by atoms with Gasteiger partial charge in [-0.2, -0.15) is 8.78 Å². The number of rotatable bonds is 9. The van der Waals surface area contributed by atoms with Crippen LogP contribution in [0.25, 0.3) is 0 Å². The molecule has 2 rings (SSSR count). The van der Waals surface area contributed by atoms with Crippen LogP contribution in [0.1, 0.15) is 25.3 Å². The number of para-hydroxylation sites is 1. The minimum atomic E-state index is -2.83. The van der Waals surface area contributed by atoms with E-state index in [4.69, 9.17) is 0 Å². The van der Waals surface area contributed by atoms with E-state index < -0.39 is 6.61 Å². The smallest absolute Gasteiger partial charge is 0.387 e. The number of likely N-dealkylation sites (N-methyl/N-ethyl adjacent to an activating group) is 1. The second kappa shape index (κ2) is 11.5. The normalized spacial score (nSPS) is 14.4. The van der Waals surface area contributed by atoms with E-state index in [-0.39, 0.29) is 29.7 Å². The standard InChI is InChI=1S/C17H26F2N4O.HI/c1-3-23(14-8-9-14)11-10-21-17(20-2)22-12-13-6-4-5-7-15(13)24-16(18)19;/h4-7,14,16H,3,8-12H2,1-2H3,(H2,20,21,22);1H. The number of hydrogen-bond donors (Lipinski definition) is 2. The van der Waals surface area contributed by atoms with E-state index in [1.165, 1.54) is 18.9 Å². The first-order valence-electron chi connectivity index (χ1n) is 8.35. The summed E-state index contributed by atoms with van der Waals surface area (Å²) >= 11 is 0. The summed E-state index contributed by atoms with van der Waals surface area (Å²) in [6.45, 7) is 2.52. The van der Waals surface area contributed by atoms with Crippen molar-refractivity contribution in [2.24, 2.45) is 4.99 Å². The van der Waals surface area contributed by atoms with E-state index in [9.17, 15) is 8.78 Å². The molecule has 142 valence electrons. The molecule has 1 aromatic rings. The highest BCUT2D eigenvalue weighted by Gasteiger charge is 2.27. The van der Waals surface area contributed by atoms with Crippen LogP contribution >= 0.6 is 24.0 Å². The summed E-state index contributed by atoms with van der Waals surface area (Å²) in [5.74, 6) is 0.829. The molecule has 1 aliphatic carbocycles. The van der Waals surface area contributed by atoms with Crippen molar-refractivity contribution in [1.29, 1.82) is 0 Å². The minimum absolute atomic E-state index is 0. The highest BCUT2D eigenvalue weighted by atomic mass is 127. The zero-order chi connectivity index (χ0) is 17.4. The van der Waals surface area contributed by atoms with Crippen molar-refractivity contribution in [3.63, 3.8) is 0 Å². The summed E-state index contributed by atoms with van der Waals surface area (Å²) in [6.07, 6.45) is 2.59. The predicted molar refractivity (Wildman–Crippen MR) is 107 cm³/mol. The Bertz CT molecular complexity index is 541. The van der Waals surface area contributed by atoms with Gasteiger partial charge in [-0.3, -0.25) is 9.89 Å². The molecule has 0 saturated heterocycles. The van der Waals surface area contributed by atoms with E-state index in [1.807, 2.05) is 0 Å². The average molecular weight is 468 g/mol. The van der Waals surface area contributed by atoms with Gasteiger partial charge in [0.1, 0.15) is 5.75 Å². The molecule has 1 aromatic carbocycles. The van der Waals surface area contributed by atoms with Crippen molar-refractivity contribution in [3.05, 3.63) is 29.8 Å². The van der Waals surface area contributed by atoms with Crippen molar-refractivity contribution in [2.75, 3.05) is 26.7 Å². The second-order valence-corrected chi connectivity index (χ2v) is 5.70. The van der Waals surface area contributed by atoms with Gasteiger partial charge in [-0.1, -0.05) is 25.1 Å². The van der Waals surface area contributed by atoms with Gasteiger partial charge in [0.2, 0.25) is 0 Å². The van der Waals surface area contributed by atoms with Crippen molar-refractivity contribution >= 4 is 29.9 Å². The highest BCUT2D eigenvalue weighted by molar-refractivity contribution is 14.0. The number of halogens is 3. The monoisotopic (exact) mass is 468 g/mol. The molecule has 1 aliphatic rings. The lowest BCUT2D eigenvalue weighted by molar-refractivity contribution is -0.0504. The quantitative estimate of drug-likeness (QED) is 0.333. The van der Waals surface area contributed by atoms with Gasteiger partial charge in [-0.25, -0.2) is 0 Å². The number of guanidine groups is 1. The topological polar surface area (TPSA) is 48.9 Å². The molecule has 0 spiro atoms. The van der Waals surface area contributed by atoms with E-state index in [0.717, 1.165) is 25.7 Å². The SMILES string of the molecule is CCN(CCNC(=NC)NCc1ccccc1OC(F)F)C1CC1.I. The Morgan fingerprint density at radius 1 is 1.32 bits per heavy atom. The molecule has 0 radical (unpaired) electrons. The Balaban J connectivity index is 0.00000312. The molecule has 0 aromatic heterocycles. The lowest BCUT2D eigenvalue weighted by Gasteiger charge is -2.21. The van der Waals surface area contributed by atoms with Gasteiger partial charge in [0.15, 0.2) is 5.96 Å². The van der Waals surface area contributed by atoms with Crippen LogP contribution in [0.3, 0.4) is 0 Å². The Labute approximate surface area is 165 Å². The Morgan fingerprint density at radius 3 is 2.64 bits per heavy atom. The van der Waals surface area contributed by atoms with Crippen molar-refractivity contribution in [2.45, 2.75) is 39.0 Å². The van der Waals surface area contributed by atoms with Gasteiger partial charge in [-0.05, 0) is 25.5 Å². The summed E-state index contributed by atoms with van der Waals surface area (Å²) in [5.41, 5.74) is 0.661. The molecule has 1 fully saturated rings. The van der Waals surface area contributed by atoms with Crippen LogP contribution in [0, 0.1) is 0 Å². The third-order valence-corrected chi connectivity index (χ3v) is 4.02. The predicted octanol–water partition coefficient (Wildman–Crippen LogP) is 3.06. The molecule has 5 nitrogen and oxygen atoms in total. The Morgan fingerprint density at radius 2 is 2.04 bits per heavy atom. The summed E-state index contributed by atoms with van der Waals surface area (Å²) in [5, 5.41) is 6.39. The highest BCUT2D eigenvalue weighted by Crippen LogP contribution is 2.25. The van der Waals surface area contributed by atoms with Crippen LogP contribution < -0.4 is 15.4 Å². The molecule has 25 heavy (non-hydrogen) atoms. The zero-order valence-corrected chi connectivity index (χ0v) is 17.0. The van der Waals surface area contributed by atoms with Gasteiger partial charge < -0.3 is 15.4 Å². The van der Waals surface area contributed by atoms with Crippen molar-refractivity contribution < 1.29 is 13.5 Å². The number of nitrogens with zero attached hydrogens (tertiary/aromatic N) is 2. The maximum absolute atomic E-state index is 12.4. The first-order chi connectivity index (χ1) is 11.6. The third kappa shape index (κ3) is 7.72. The van der Waals surface area contributed by atoms with Crippen molar-refractivity contribution in [3.8, 4) is 5.75 Å². The lowest BCUT2D eigenvalue weighted by atomic mass is 10.2. The van der Waals surface area contributed by atoms with E-state index in [2.05, 4.69) is 32.2 Å². The van der Waals surface area contributed by atoms with Gasteiger partial charge in [0, 0.05) is 38.3 Å². The number of aliphatic imine (C=N–C) groups is 1. The Hall–Kier alpha value is -1.16. The van der Waals surface area contributed by atoms with Crippen molar-refractivity contribution in [1.82, 2.24) is 15.5 Å². The van der Waals surface area contributed by atoms with Crippen LogP contribution in [0.15, 0.2) is 29.3 Å². The molecule has 0 bridgehead atoms. The molecule has 0 amide bonds. The molecule has 0 aliphatic heterocycles. The summed E-state index contributed by atoms with van der Waals surface area (Å²) < 4.78 is 29.4. The largest absolute Gasteiger partial charge is 0.434 e. The summed E-state index contributed by atoms with van der Waals surface area (Å²) in [6, 6.07) is 7.49. The second-order valence-electron chi connectivity index (χ2n) is 5.70. The molecule has 0 atom stereocenters. The number of ether oxygens (including phenoxy) is 1. The van der Waals surface area contributed by atoms with Crippen LogP contribution in [0.4, 0.5) is 8.78 Å². The molecular formula is C17H27F2IN4O. The number of nitrogens with one attached hydrogen (secondary N) is 2. The molecule has 2 N–H and O–H groups in total. The first kappa shape index (κ1) is 21.9. The molecule has 0 unspecified atom stereocenters. The summed E-state index contributed by atoms with van der Waals surface area (Å²) in [7, 11) is 1.69. The van der Waals surface area contributed by atoms with Gasteiger partial charge >= 0.3 is 6.61 Å². The minimum Gasteiger partial charge on any atom is -0.434 e. The third-order valence-electron chi connectivity index (χ3n) is 4.02. The van der Waals surface area contributed by atoms with Gasteiger partial charge in [-0.15, -0.1) is 24.0 Å². The van der Waals surface area contributed by atoms with E-state index >= 15 is 0 Å². The maximum Gasteiger partial charge on any atom is 0.387 e. The van der Waals surface area contributed by atoms with E-state index in [0.29, 0.717) is 18.1 Å². The van der Waals surface area contributed by atoms with Crippen LogP contribution in [-0.2, 0) is 6.54 Å². The summed E-state index contributed by atoms with van der Waals surface area (Å²) in [4.78, 5) is 6.61. The molecular weight excluding hydrogens is 441 g/mol. The molecule has 8 heteroatoms. The number of benzene rings is 1. The van der Waals surface area contributed by atoms with Crippen LogP contribution in [0.2, 0.25) is 0 Å². The fourth-order valence-corrected chi connectivity index (χ4v) is 2.62. The Kier molecular flexibility index (Phi) is 10.0. The fraction of sp³-hybridized carbons (Fsp3) is 0.588. The van der Waals surface area contributed by atoms with Gasteiger partial charge in [0.05, 0.1) is 0 Å². The van der Waals surface area contributed by atoms with Gasteiger partial charge in [0.25, 0.3) is 0 Å². The molecule has 0 heterocycles. The average Bonchev–Trinajstić information content (AvgIpc) is 3.40. The first-order valence-corrected chi connectivity index (χ1v) is 8.35.